The number of phenolic OH excluding ortho intramolecular Hbond substituents is 2. The third-order valence-corrected chi connectivity index (χ3v) is 3.52. The van der Waals surface area contributed by atoms with E-state index in [9.17, 15) is 15.0 Å². The Balaban J connectivity index is 2.20. The van der Waals surface area contributed by atoms with Crippen LogP contribution >= 0.6 is 15.9 Å². The summed E-state index contributed by atoms with van der Waals surface area (Å²) in [5.41, 5.74) is 1.10. The first-order valence-corrected chi connectivity index (χ1v) is 6.72. The van der Waals surface area contributed by atoms with Gasteiger partial charge in [-0.25, -0.2) is 4.79 Å². The predicted molar refractivity (Wildman–Crippen MR) is 77.8 cm³/mol. The number of halogens is 1. The molecule has 0 atom stereocenters. The van der Waals surface area contributed by atoms with Gasteiger partial charge in [0.2, 0.25) is 0 Å². The minimum Gasteiger partial charge on any atom is -0.508 e. The van der Waals surface area contributed by atoms with Crippen LogP contribution in [-0.2, 0) is 11.3 Å². The van der Waals surface area contributed by atoms with Gasteiger partial charge < -0.3 is 14.9 Å². The van der Waals surface area contributed by atoms with E-state index in [1.807, 2.05) is 30.3 Å². The summed E-state index contributed by atoms with van der Waals surface area (Å²) in [6.07, 6.45) is 0. The van der Waals surface area contributed by atoms with Crippen molar-refractivity contribution in [2.24, 2.45) is 0 Å². The summed E-state index contributed by atoms with van der Waals surface area (Å²) < 4.78 is 5.45. The fourth-order valence-corrected chi connectivity index (χ4v) is 2.28. The van der Waals surface area contributed by atoms with E-state index >= 15 is 0 Å². The van der Waals surface area contributed by atoms with E-state index in [2.05, 4.69) is 15.9 Å². The molecule has 0 bridgehead atoms. The van der Waals surface area contributed by atoms with Gasteiger partial charge in [-0.3, -0.25) is 0 Å². The molecule has 2 N–H and O–H groups in total. The number of aromatic hydroxyl groups is 2. The van der Waals surface area contributed by atoms with Gasteiger partial charge in [0, 0.05) is 10.0 Å². The molecule has 0 amide bonds. The summed E-state index contributed by atoms with van der Waals surface area (Å²) in [5.74, 6) is -1.02. The summed E-state index contributed by atoms with van der Waals surface area (Å²) in [6, 6.07) is 10.6. The van der Waals surface area contributed by atoms with E-state index < -0.39 is 5.97 Å². The Bertz CT molecular complexity index is 638. The fourth-order valence-electron chi connectivity index (χ4n) is 1.71. The average molecular weight is 337 g/mol. The molecule has 0 saturated carbocycles. The van der Waals surface area contributed by atoms with E-state index in [0.717, 1.165) is 5.56 Å². The highest BCUT2D eigenvalue weighted by Crippen LogP contribution is 2.36. The van der Waals surface area contributed by atoms with Crippen LogP contribution in [0.4, 0.5) is 0 Å². The molecule has 0 aliphatic heterocycles. The lowest BCUT2D eigenvalue weighted by molar-refractivity contribution is 0.0468. The molecular formula is C15H13BrO4. The van der Waals surface area contributed by atoms with Gasteiger partial charge in [-0.15, -0.1) is 0 Å². The molecule has 0 saturated heterocycles. The summed E-state index contributed by atoms with van der Waals surface area (Å²) in [7, 11) is 0. The first kappa shape index (κ1) is 14.4. The number of rotatable bonds is 3. The number of ether oxygens (including phenoxy) is 1. The zero-order valence-electron chi connectivity index (χ0n) is 10.8. The van der Waals surface area contributed by atoms with Gasteiger partial charge in [0.05, 0.1) is 0 Å². The van der Waals surface area contributed by atoms with Gasteiger partial charge in [-0.05, 0) is 34.5 Å². The van der Waals surface area contributed by atoms with Crippen molar-refractivity contribution in [1.82, 2.24) is 0 Å². The molecular weight excluding hydrogens is 324 g/mol. The number of hydrogen-bond acceptors (Lipinski definition) is 4. The van der Waals surface area contributed by atoms with Crippen molar-refractivity contribution in [3.8, 4) is 11.5 Å². The molecule has 0 unspecified atom stereocenters. The van der Waals surface area contributed by atoms with Gasteiger partial charge in [0.15, 0.2) is 0 Å². The minimum atomic E-state index is -0.652. The molecule has 20 heavy (non-hydrogen) atoms. The second-order valence-electron chi connectivity index (χ2n) is 4.29. The summed E-state index contributed by atoms with van der Waals surface area (Å²) in [5, 5.41) is 19.5. The molecule has 0 aliphatic rings. The summed E-state index contributed by atoms with van der Waals surface area (Å²) in [6.45, 7) is 1.64. The van der Waals surface area contributed by atoms with Crippen molar-refractivity contribution in [3.63, 3.8) is 0 Å². The highest BCUT2D eigenvalue weighted by molar-refractivity contribution is 9.10. The van der Waals surface area contributed by atoms with Crippen LogP contribution in [0.5, 0.6) is 11.5 Å². The molecule has 0 radical (unpaired) electrons. The Morgan fingerprint density at radius 3 is 2.55 bits per heavy atom. The van der Waals surface area contributed by atoms with Crippen molar-refractivity contribution >= 4 is 21.9 Å². The zero-order valence-corrected chi connectivity index (χ0v) is 12.3. The Morgan fingerprint density at radius 2 is 1.90 bits per heavy atom. The lowest BCUT2D eigenvalue weighted by Crippen LogP contribution is -2.07. The standard InChI is InChI=1S/C15H13BrO4/c1-9-12(17)7-11(16)13(14(9)18)15(19)20-8-10-5-3-2-4-6-10/h2-7,17-18H,8H2,1H3. The second kappa shape index (κ2) is 5.96. The molecule has 0 aliphatic carbocycles. The van der Waals surface area contributed by atoms with Crippen LogP contribution in [0.15, 0.2) is 40.9 Å². The Kier molecular flexibility index (Phi) is 4.29. The molecule has 0 spiro atoms. The molecule has 2 rings (SSSR count). The van der Waals surface area contributed by atoms with Crippen LogP contribution in [0.25, 0.3) is 0 Å². The molecule has 2 aromatic carbocycles. The van der Waals surface area contributed by atoms with Crippen molar-refractivity contribution in [3.05, 3.63) is 57.6 Å². The van der Waals surface area contributed by atoms with Crippen molar-refractivity contribution in [2.45, 2.75) is 13.5 Å². The van der Waals surface area contributed by atoms with Crippen LogP contribution in [-0.4, -0.2) is 16.2 Å². The average Bonchev–Trinajstić information content (AvgIpc) is 2.44. The largest absolute Gasteiger partial charge is 0.508 e. The monoisotopic (exact) mass is 336 g/mol. The fraction of sp³-hybridized carbons (Fsp3) is 0.133. The molecule has 0 heterocycles. The van der Waals surface area contributed by atoms with E-state index in [1.165, 1.54) is 13.0 Å². The SMILES string of the molecule is Cc1c(O)cc(Br)c(C(=O)OCc2ccccc2)c1O. The number of esters is 1. The molecule has 0 fully saturated rings. The number of hydrogen-bond donors (Lipinski definition) is 2. The number of carbonyl (C=O) groups is 1. The van der Waals surface area contributed by atoms with Gasteiger partial charge in [0.25, 0.3) is 0 Å². The minimum absolute atomic E-state index is 0.0104. The highest BCUT2D eigenvalue weighted by Gasteiger charge is 2.21. The summed E-state index contributed by atoms with van der Waals surface area (Å²) >= 11 is 3.14. The highest BCUT2D eigenvalue weighted by atomic mass is 79.9. The third kappa shape index (κ3) is 2.93. The van der Waals surface area contributed by atoms with E-state index in [-0.39, 0.29) is 33.7 Å². The first-order chi connectivity index (χ1) is 9.50. The number of carbonyl (C=O) groups excluding carboxylic acids is 1. The molecule has 104 valence electrons. The van der Waals surface area contributed by atoms with E-state index in [1.54, 1.807) is 0 Å². The number of benzene rings is 2. The normalized spacial score (nSPS) is 10.3. The van der Waals surface area contributed by atoms with Gasteiger partial charge >= 0.3 is 5.97 Å². The van der Waals surface area contributed by atoms with Gasteiger partial charge in [-0.2, -0.15) is 0 Å². The number of phenols is 2. The van der Waals surface area contributed by atoms with E-state index in [0.29, 0.717) is 0 Å². The molecule has 0 aromatic heterocycles. The Labute approximate surface area is 124 Å². The lowest BCUT2D eigenvalue weighted by atomic mass is 10.1. The third-order valence-electron chi connectivity index (χ3n) is 2.90. The maximum Gasteiger partial charge on any atom is 0.343 e. The van der Waals surface area contributed by atoms with Crippen LogP contribution in [0.3, 0.4) is 0 Å². The zero-order chi connectivity index (χ0) is 14.7. The van der Waals surface area contributed by atoms with Crippen molar-refractivity contribution in [1.29, 1.82) is 0 Å². The lowest BCUT2D eigenvalue weighted by Gasteiger charge is -2.11. The quantitative estimate of drug-likeness (QED) is 0.841. The second-order valence-corrected chi connectivity index (χ2v) is 5.14. The van der Waals surface area contributed by atoms with Gasteiger partial charge in [0.1, 0.15) is 23.7 Å². The maximum atomic E-state index is 12.0. The summed E-state index contributed by atoms with van der Waals surface area (Å²) in [4.78, 5) is 12.0. The Hall–Kier alpha value is -2.01. The topological polar surface area (TPSA) is 66.8 Å². The van der Waals surface area contributed by atoms with Crippen LogP contribution < -0.4 is 0 Å². The molecule has 2 aromatic rings. The Morgan fingerprint density at radius 1 is 1.25 bits per heavy atom. The van der Waals surface area contributed by atoms with Crippen LogP contribution in [0.1, 0.15) is 21.5 Å². The van der Waals surface area contributed by atoms with E-state index in [4.69, 9.17) is 4.74 Å². The smallest absolute Gasteiger partial charge is 0.343 e. The van der Waals surface area contributed by atoms with Crippen molar-refractivity contribution in [2.75, 3.05) is 0 Å². The molecule has 5 heteroatoms. The maximum absolute atomic E-state index is 12.0. The van der Waals surface area contributed by atoms with Crippen molar-refractivity contribution < 1.29 is 19.7 Å². The molecule has 4 nitrogen and oxygen atoms in total. The van der Waals surface area contributed by atoms with Crippen LogP contribution in [0.2, 0.25) is 0 Å². The first-order valence-electron chi connectivity index (χ1n) is 5.92. The van der Waals surface area contributed by atoms with Gasteiger partial charge in [-0.1, -0.05) is 30.3 Å². The van der Waals surface area contributed by atoms with Crippen LogP contribution in [0, 0.1) is 6.92 Å². The predicted octanol–water partition coefficient (Wildman–Crippen LogP) is 3.53.